The number of hydrogen-bond acceptors (Lipinski definition) is 3. The predicted molar refractivity (Wildman–Crippen MR) is 59.2 cm³/mol. The number of pyridine rings is 1. The molecule has 0 unspecified atom stereocenters. The van der Waals surface area contributed by atoms with Crippen LogP contribution in [0.25, 0.3) is 11.1 Å². The van der Waals surface area contributed by atoms with Crippen LogP contribution in [0, 0.1) is 6.92 Å². The molecule has 0 fully saturated rings. The standard InChI is InChI=1S/C11H9NO2S/c1-7-2-3-9(8-4-5-15-6-8)10(12-7)11(13)14/h2-6H,1H3,(H,13,14). The molecule has 2 rings (SSSR count). The average molecular weight is 219 g/mol. The Morgan fingerprint density at radius 2 is 2.20 bits per heavy atom. The smallest absolute Gasteiger partial charge is 0.355 e. The molecule has 0 bridgehead atoms. The van der Waals surface area contributed by atoms with Gasteiger partial charge in [0.2, 0.25) is 0 Å². The molecule has 0 aliphatic heterocycles. The summed E-state index contributed by atoms with van der Waals surface area (Å²) in [6.07, 6.45) is 0. The molecule has 0 saturated heterocycles. The Hall–Kier alpha value is -1.68. The number of carboxylic acid groups (broad SMARTS) is 1. The molecule has 4 heteroatoms. The van der Waals surface area contributed by atoms with E-state index in [9.17, 15) is 4.79 Å². The second-order valence-corrected chi connectivity index (χ2v) is 3.95. The van der Waals surface area contributed by atoms with Crippen LogP contribution in [0.3, 0.4) is 0 Å². The lowest BCUT2D eigenvalue weighted by molar-refractivity contribution is 0.0691. The van der Waals surface area contributed by atoms with E-state index in [1.807, 2.05) is 22.9 Å². The van der Waals surface area contributed by atoms with Gasteiger partial charge >= 0.3 is 5.97 Å². The van der Waals surface area contributed by atoms with Crippen molar-refractivity contribution in [3.8, 4) is 11.1 Å². The lowest BCUT2D eigenvalue weighted by Gasteiger charge is -2.03. The van der Waals surface area contributed by atoms with Crippen LogP contribution in [0.2, 0.25) is 0 Å². The number of aromatic nitrogens is 1. The van der Waals surface area contributed by atoms with Crippen molar-refractivity contribution in [2.75, 3.05) is 0 Å². The third-order valence-electron chi connectivity index (χ3n) is 2.07. The molecule has 1 N–H and O–H groups in total. The highest BCUT2D eigenvalue weighted by atomic mass is 32.1. The molecular weight excluding hydrogens is 210 g/mol. The summed E-state index contributed by atoms with van der Waals surface area (Å²) in [4.78, 5) is 15.0. The van der Waals surface area contributed by atoms with E-state index in [4.69, 9.17) is 5.11 Å². The van der Waals surface area contributed by atoms with Gasteiger partial charge in [0.15, 0.2) is 5.69 Å². The minimum atomic E-state index is -0.986. The SMILES string of the molecule is Cc1ccc(-c2ccsc2)c(C(=O)O)n1. The Balaban J connectivity index is 2.61. The molecule has 0 spiro atoms. The van der Waals surface area contributed by atoms with E-state index in [2.05, 4.69) is 4.98 Å². The average Bonchev–Trinajstić information content (AvgIpc) is 2.70. The van der Waals surface area contributed by atoms with Gasteiger partial charge in [-0.2, -0.15) is 11.3 Å². The van der Waals surface area contributed by atoms with Gasteiger partial charge in [-0.15, -0.1) is 0 Å². The molecule has 2 aromatic rings. The summed E-state index contributed by atoms with van der Waals surface area (Å²) < 4.78 is 0. The zero-order valence-corrected chi connectivity index (χ0v) is 8.91. The summed E-state index contributed by atoms with van der Waals surface area (Å²) in [5, 5.41) is 12.9. The maximum Gasteiger partial charge on any atom is 0.355 e. The van der Waals surface area contributed by atoms with Crippen LogP contribution >= 0.6 is 11.3 Å². The van der Waals surface area contributed by atoms with Crippen molar-refractivity contribution < 1.29 is 9.90 Å². The maximum atomic E-state index is 11.0. The van der Waals surface area contributed by atoms with Gasteiger partial charge in [-0.1, -0.05) is 6.07 Å². The summed E-state index contributed by atoms with van der Waals surface area (Å²) in [5.74, 6) is -0.986. The van der Waals surface area contributed by atoms with Crippen molar-refractivity contribution in [1.82, 2.24) is 4.98 Å². The van der Waals surface area contributed by atoms with Gasteiger partial charge in [-0.05, 0) is 35.4 Å². The van der Waals surface area contributed by atoms with Crippen LogP contribution in [0.5, 0.6) is 0 Å². The third kappa shape index (κ3) is 1.89. The number of thiophene rings is 1. The maximum absolute atomic E-state index is 11.0. The van der Waals surface area contributed by atoms with Gasteiger partial charge in [-0.25, -0.2) is 9.78 Å². The summed E-state index contributed by atoms with van der Waals surface area (Å²) in [7, 11) is 0. The Bertz CT molecular complexity index is 491. The van der Waals surface area contributed by atoms with Crippen LogP contribution < -0.4 is 0 Å². The highest BCUT2D eigenvalue weighted by Crippen LogP contribution is 2.25. The van der Waals surface area contributed by atoms with Gasteiger partial charge < -0.3 is 5.11 Å². The van der Waals surface area contributed by atoms with E-state index in [1.165, 1.54) is 11.3 Å². The molecule has 0 atom stereocenters. The first-order valence-corrected chi connectivity index (χ1v) is 5.36. The van der Waals surface area contributed by atoms with E-state index >= 15 is 0 Å². The Kier molecular flexibility index (Phi) is 2.51. The monoisotopic (exact) mass is 219 g/mol. The minimum absolute atomic E-state index is 0.119. The lowest BCUT2D eigenvalue weighted by atomic mass is 10.1. The van der Waals surface area contributed by atoms with E-state index in [1.54, 1.807) is 13.0 Å². The van der Waals surface area contributed by atoms with Gasteiger partial charge in [0, 0.05) is 11.3 Å². The Labute approximate surface area is 91.0 Å². The number of carboxylic acids is 1. The summed E-state index contributed by atoms with van der Waals surface area (Å²) in [6, 6.07) is 5.51. The largest absolute Gasteiger partial charge is 0.476 e. The van der Waals surface area contributed by atoms with E-state index in [0.717, 1.165) is 5.56 Å². The molecular formula is C11H9NO2S. The quantitative estimate of drug-likeness (QED) is 0.844. The van der Waals surface area contributed by atoms with Crippen LogP contribution in [-0.2, 0) is 0 Å². The lowest BCUT2D eigenvalue weighted by Crippen LogP contribution is -2.03. The molecule has 0 amide bonds. The molecule has 76 valence electrons. The van der Waals surface area contributed by atoms with Crippen molar-refractivity contribution in [2.24, 2.45) is 0 Å². The van der Waals surface area contributed by atoms with E-state index in [0.29, 0.717) is 11.3 Å². The van der Waals surface area contributed by atoms with Crippen molar-refractivity contribution in [3.05, 3.63) is 40.3 Å². The molecule has 0 aliphatic rings. The predicted octanol–water partition coefficient (Wildman–Crippen LogP) is 2.82. The first kappa shape index (κ1) is 9.86. The fourth-order valence-electron chi connectivity index (χ4n) is 1.37. The third-order valence-corrected chi connectivity index (χ3v) is 2.75. The van der Waals surface area contributed by atoms with Gasteiger partial charge in [-0.3, -0.25) is 0 Å². The summed E-state index contributed by atoms with van der Waals surface area (Å²) in [5.41, 5.74) is 2.42. The molecule has 3 nitrogen and oxygen atoms in total. The normalized spacial score (nSPS) is 10.2. The number of hydrogen-bond donors (Lipinski definition) is 1. The van der Waals surface area contributed by atoms with E-state index in [-0.39, 0.29) is 5.69 Å². The summed E-state index contributed by atoms with van der Waals surface area (Å²) in [6.45, 7) is 1.78. The van der Waals surface area contributed by atoms with Gasteiger partial charge in [0.25, 0.3) is 0 Å². The molecule has 15 heavy (non-hydrogen) atoms. The zero-order chi connectivity index (χ0) is 10.8. The number of aryl methyl sites for hydroxylation is 1. The van der Waals surface area contributed by atoms with Crippen LogP contribution in [0.1, 0.15) is 16.2 Å². The second-order valence-electron chi connectivity index (χ2n) is 3.17. The Morgan fingerprint density at radius 3 is 2.80 bits per heavy atom. The highest BCUT2D eigenvalue weighted by Gasteiger charge is 2.13. The second kappa shape index (κ2) is 3.82. The topological polar surface area (TPSA) is 50.2 Å². The van der Waals surface area contributed by atoms with Crippen molar-refractivity contribution in [3.63, 3.8) is 0 Å². The van der Waals surface area contributed by atoms with Crippen LogP contribution in [-0.4, -0.2) is 16.1 Å². The zero-order valence-electron chi connectivity index (χ0n) is 8.10. The van der Waals surface area contributed by atoms with Gasteiger partial charge in [0.1, 0.15) is 0 Å². The van der Waals surface area contributed by atoms with E-state index < -0.39 is 5.97 Å². The summed E-state index contributed by atoms with van der Waals surface area (Å²) >= 11 is 1.54. The minimum Gasteiger partial charge on any atom is -0.476 e. The number of rotatable bonds is 2. The fourth-order valence-corrected chi connectivity index (χ4v) is 2.03. The van der Waals surface area contributed by atoms with Gasteiger partial charge in [0.05, 0.1) is 0 Å². The Morgan fingerprint density at radius 1 is 1.40 bits per heavy atom. The highest BCUT2D eigenvalue weighted by molar-refractivity contribution is 7.08. The van der Waals surface area contributed by atoms with Crippen LogP contribution in [0.4, 0.5) is 0 Å². The molecule has 2 heterocycles. The first-order chi connectivity index (χ1) is 7.18. The van der Waals surface area contributed by atoms with Crippen molar-refractivity contribution in [1.29, 1.82) is 0 Å². The number of aromatic carboxylic acids is 1. The first-order valence-electron chi connectivity index (χ1n) is 4.42. The van der Waals surface area contributed by atoms with Crippen molar-refractivity contribution in [2.45, 2.75) is 6.92 Å². The van der Waals surface area contributed by atoms with Crippen LogP contribution in [0.15, 0.2) is 29.0 Å². The fraction of sp³-hybridized carbons (Fsp3) is 0.0909. The number of carbonyl (C=O) groups is 1. The molecule has 0 saturated carbocycles. The molecule has 0 radical (unpaired) electrons. The number of nitrogens with zero attached hydrogens (tertiary/aromatic N) is 1. The van der Waals surface area contributed by atoms with Crippen molar-refractivity contribution >= 4 is 17.3 Å². The molecule has 2 aromatic heterocycles. The molecule has 0 aliphatic carbocycles. The molecule has 0 aromatic carbocycles.